The Hall–Kier alpha value is -3.18. The molecule has 6 heteroatoms. The Morgan fingerprint density at radius 3 is 2.33 bits per heavy atom. The van der Waals surface area contributed by atoms with E-state index in [1.54, 1.807) is 0 Å². The molecule has 0 saturated carbocycles. The van der Waals surface area contributed by atoms with Crippen molar-refractivity contribution in [3.63, 3.8) is 0 Å². The van der Waals surface area contributed by atoms with Gasteiger partial charge in [0, 0.05) is 22.8 Å². The van der Waals surface area contributed by atoms with Gasteiger partial charge in [-0.15, -0.1) is 0 Å². The van der Waals surface area contributed by atoms with E-state index in [-0.39, 0.29) is 5.15 Å². The number of carbonyl (C=O) groups excluding carboxylic acids is 1. The molecule has 1 aliphatic heterocycles. The molecule has 1 aromatic heterocycles. The molecule has 4 rings (SSSR count). The van der Waals surface area contributed by atoms with E-state index in [0.29, 0.717) is 28.3 Å². The molecule has 1 N–H and O–H groups in total. The SMILES string of the molecule is CC1=C(C=O)C(c2ccccc2)c2c(Cl)nc(=O)n(-c3ccccc3)c2N1. The van der Waals surface area contributed by atoms with Crippen LogP contribution in [0, 0.1) is 0 Å². The highest BCUT2D eigenvalue weighted by atomic mass is 35.5. The lowest BCUT2D eigenvalue weighted by Gasteiger charge is -2.30. The number of hydrogen-bond acceptors (Lipinski definition) is 4. The van der Waals surface area contributed by atoms with Crippen LogP contribution < -0.4 is 11.0 Å². The van der Waals surface area contributed by atoms with E-state index in [1.807, 2.05) is 67.6 Å². The van der Waals surface area contributed by atoms with Gasteiger partial charge in [-0.2, -0.15) is 4.98 Å². The number of hydrogen-bond donors (Lipinski definition) is 1. The fourth-order valence-corrected chi connectivity index (χ4v) is 3.74. The fourth-order valence-electron chi connectivity index (χ4n) is 3.47. The highest BCUT2D eigenvalue weighted by molar-refractivity contribution is 6.30. The molecule has 1 unspecified atom stereocenters. The van der Waals surface area contributed by atoms with Gasteiger partial charge in [0.15, 0.2) is 0 Å². The number of aromatic nitrogens is 2. The summed E-state index contributed by atoms with van der Waals surface area (Å²) in [7, 11) is 0. The van der Waals surface area contributed by atoms with Gasteiger partial charge >= 0.3 is 5.69 Å². The van der Waals surface area contributed by atoms with E-state index in [4.69, 9.17) is 11.6 Å². The van der Waals surface area contributed by atoms with Crippen LogP contribution in [0.5, 0.6) is 0 Å². The Morgan fingerprint density at radius 2 is 1.70 bits per heavy atom. The molecule has 5 nitrogen and oxygen atoms in total. The monoisotopic (exact) mass is 377 g/mol. The van der Waals surface area contributed by atoms with Crippen molar-refractivity contribution >= 4 is 23.7 Å². The van der Waals surface area contributed by atoms with Crippen molar-refractivity contribution in [1.82, 2.24) is 9.55 Å². The number of nitrogens with one attached hydrogen (secondary N) is 1. The number of rotatable bonds is 3. The van der Waals surface area contributed by atoms with Crippen molar-refractivity contribution in [3.05, 3.63) is 98.7 Å². The third kappa shape index (κ3) is 2.86. The van der Waals surface area contributed by atoms with Crippen LogP contribution in [0.4, 0.5) is 5.82 Å². The molecule has 2 aromatic carbocycles. The van der Waals surface area contributed by atoms with Crippen LogP contribution in [0.3, 0.4) is 0 Å². The largest absolute Gasteiger partial charge is 0.355 e. The van der Waals surface area contributed by atoms with Gasteiger partial charge in [-0.05, 0) is 24.6 Å². The van der Waals surface area contributed by atoms with Gasteiger partial charge in [-0.1, -0.05) is 60.1 Å². The van der Waals surface area contributed by atoms with Crippen LogP contribution in [0.2, 0.25) is 5.15 Å². The van der Waals surface area contributed by atoms with Crippen LogP contribution in [-0.2, 0) is 4.79 Å². The normalized spacial score (nSPS) is 15.9. The predicted octanol–water partition coefficient (Wildman–Crippen LogP) is 3.92. The lowest BCUT2D eigenvalue weighted by atomic mass is 9.83. The zero-order valence-electron chi connectivity index (χ0n) is 14.5. The quantitative estimate of drug-likeness (QED) is 0.555. The first kappa shape index (κ1) is 17.2. The number of para-hydroxylation sites is 1. The summed E-state index contributed by atoms with van der Waals surface area (Å²) < 4.78 is 1.49. The Bertz CT molecular complexity index is 1110. The number of aldehydes is 1. The van der Waals surface area contributed by atoms with Crippen LogP contribution in [0.1, 0.15) is 24.0 Å². The predicted molar refractivity (Wildman–Crippen MR) is 106 cm³/mol. The minimum atomic E-state index is -0.480. The van der Waals surface area contributed by atoms with Crippen molar-refractivity contribution in [2.75, 3.05) is 5.32 Å². The minimum Gasteiger partial charge on any atom is -0.344 e. The van der Waals surface area contributed by atoms with E-state index in [0.717, 1.165) is 11.8 Å². The molecule has 0 fully saturated rings. The molecule has 0 aliphatic carbocycles. The lowest BCUT2D eigenvalue weighted by Crippen LogP contribution is -2.30. The number of allylic oxidation sites excluding steroid dienone is 2. The first-order valence-electron chi connectivity index (χ1n) is 8.47. The number of fused-ring (bicyclic) bond motifs is 1. The van der Waals surface area contributed by atoms with Crippen LogP contribution in [-0.4, -0.2) is 15.8 Å². The molecule has 0 saturated heterocycles. The Labute approximate surface area is 161 Å². The molecular weight excluding hydrogens is 362 g/mol. The number of carbonyl (C=O) groups is 1. The molecule has 0 bridgehead atoms. The summed E-state index contributed by atoms with van der Waals surface area (Å²) in [4.78, 5) is 28.5. The molecular formula is C21H16ClN3O2. The summed E-state index contributed by atoms with van der Waals surface area (Å²) in [5.41, 5.74) is 2.95. The molecule has 134 valence electrons. The van der Waals surface area contributed by atoms with Gasteiger partial charge in [-0.25, -0.2) is 9.36 Å². The summed E-state index contributed by atoms with van der Waals surface area (Å²) in [6.45, 7) is 1.82. The van der Waals surface area contributed by atoms with E-state index in [9.17, 15) is 9.59 Å². The van der Waals surface area contributed by atoms with Crippen LogP contribution >= 0.6 is 11.6 Å². The topological polar surface area (TPSA) is 64.0 Å². The summed E-state index contributed by atoms with van der Waals surface area (Å²) >= 11 is 6.42. The van der Waals surface area contributed by atoms with E-state index >= 15 is 0 Å². The molecule has 0 amide bonds. The summed E-state index contributed by atoms with van der Waals surface area (Å²) in [5, 5.41) is 3.29. The van der Waals surface area contributed by atoms with E-state index < -0.39 is 11.6 Å². The molecule has 0 radical (unpaired) electrons. The second-order valence-corrected chi connectivity index (χ2v) is 6.64. The minimum absolute atomic E-state index is 0.0929. The Kier molecular flexibility index (Phi) is 4.38. The second-order valence-electron chi connectivity index (χ2n) is 6.29. The Balaban J connectivity index is 2.06. The van der Waals surface area contributed by atoms with Gasteiger partial charge < -0.3 is 5.32 Å². The zero-order chi connectivity index (χ0) is 19.0. The van der Waals surface area contributed by atoms with Crippen molar-refractivity contribution in [2.45, 2.75) is 12.8 Å². The average Bonchev–Trinajstić information content (AvgIpc) is 2.68. The number of anilines is 1. The highest BCUT2D eigenvalue weighted by Gasteiger charge is 2.33. The fraction of sp³-hybridized carbons (Fsp3) is 0.0952. The number of benzene rings is 2. The van der Waals surface area contributed by atoms with Gasteiger partial charge in [0.25, 0.3) is 0 Å². The van der Waals surface area contributed by atoms with Crippen molar-refractivity contribution in [1.29, 1.82) is 0 Å². The third-order valence-corrected chi connectivity index (χ3v) is 4.99. The molecule has 3 aromatic rings. The van der Waals surface area contributed by atoms with Crippen molar-refractivity contribution < 1.29 is 4.79 Å². The van der Waals surface area contributed by atoms with Crippen LogP contribution in [0.15, 0.2) is 76.7 Å². The molecule has 2 heterocycles. The third-order valence-electron chi connectivity index (χ3n) is 4.70. The smallest absolute Gasteiger partial charge is 0.344 e. The summed E-state index contributed by atoms with van der Waals surface area (Å²) in [5.74, 6) is 0.124. The van der Waals surface area contributed by atoms with Gasteiger partial charge in [-0.3, -0.25) is 4.79 Å². The zero-order valence-corrected chi connectivity index (χ0v) is 15.3. The molecule has 27 heavy (non-hydrogen) atoms. The lowest BCUT2D eigenvalue weighted by molar-refractivity contribution is -0.105. The van der Waals surface area contributed by atoms with E-state index in [2.05, 4.69) is 10.3 Å². The standard InChI is InChI=1S/C21H16ClN3O2/c1-13-16(12-26)17(14-8-4-2-5-9-14)18-19(22)24-21(27)25(20(18)23-13)15-10-6-3-7-11-15/h2-12,17,23H,1H3. The number of nitrogens with zero attached hydrogens (tertiary/aromatic N) is 2. The van der Waals surface area contributed by atoms with E-state index in [1.165, 1.54) is 4.57 Å². The second kappa shape index (κ2) is 6.85. The molecule has 0 spiro atoms. The van der Waals surface area contributed by atoms with Crippen molar-refractivity contribution in [2.24, 2.45) is 0 Å². The number of halogens is 1. The maximum atomic E-state index is 12.7. The maximum absolute atomic E-state index is 12.7. The van der Waals surface area contributed by atoms with Crippen molar-refractivity contribution in [3.8, 4) is 5.69 Å². The Morgan fingerprint density at radius 1 is 1.07 bits per heavy atom. The average molecular weight is 378 g/mol. The van der Waals surface area contributed by atoms with Gasteiger partial charge in [0.05, 0.1) is 5.69 Å². The summed E-state index contributed by atoms with van der Waals surface area (Å²) in [6.07, 6.45) is 0.831. The maximum Gasteiger partial charge on any atom is 0.355 e. The molecule has 1 aliphatic rings. The van der Waals surface area contributed by atoms with Crippen LogP contribution in [0.25, 0.3) is 5.69 Å². The highest BCUT2D eigenvalue weighted by Crippen LogP contribution is 2.43. The van der Waals surface area contributed by atoms with Gasteiger partial charge in [0.2, 0.25) is 0 Å². The first-order chi connectivity index (χ1) is 13.1. The van der Waals surface area contributed by atoms with Gasteiger partial charge in [0.1, 0.15) is 17.3 Å². The summed E-state index contributed by atoms with van der Waals surface area (Å²) in [6, 6.07) is 18.8. The molecule has 1 atom stereocenters. The first-order valence-corrected chi connectivity index (χ1v) is 8.85.